The summed E-state index contributed by atoms with van der Waals surface area (Å²) < 4.78 is 48.8. The highest BCUT2D eigenvalue weighted by Gasteiger charge is 2.33. The molecule has 134 valence electrons. The first-order valence-electron chi connectivity index (χ1n) is 7.71. The number of aromatic nitrogens is 1. The van der Waals surface area contributed by atoms with Crippen LogP contribution in [0.4, 0.5) is 18.0 Å². The molecule has 1 atom stereocenters. The molecule has 1 aliphatic rings. The standard InChI is InChI=1S/C16H21F3N2O3/c1-15(2,3)24-14(22)21-6-4-5-12(21)10-23-13-7-11(8-20-9-13)16(17,18)19/h7-9,12H,4-6,10H2,1-3H3. The third kappa shape index (κ3) is 5.01. The van der Waals surface area contributed by atoms with Gasteiger partial charge in [-0.1, -0.05) is 0 Å². The maximum atomic E-state index is 12.7. The second kappa shape index (κ2) is 6.86. The van der Waals surface area contributed by atoms with E-state index in [-0.39, 0.29) is 18.4 Å². The summed E-state index contributed by atoms with van der Waals surface area (Å²) in [5, 5.41) is 0. The summed E-state index contributed by atoms with van der Waals surface area (Å²) >= 11 is 0. The molecule has 0 bridgehead atoms. The van der Waals surface area contributed by atoms with Crippen LogP contribution in [-0.2, 0) is 10.9 Å². The van der Waals surface area contributed by atoms with Crippen molar-refractivity contribution in [1.29, 1.82) is 0 Å². The smallest absolute Gasteiger partial charge is 0.418 e. The lowest BCUT2D eigenvalue weighted by Gasteiger charge is -2.28. The number of nitrogens with zero attached hydrogens (tertiary/aromatic N) is 2. The van der Waals surface area contributed by atoms with Gasteiger partial charge in [0.25, 0.3) is 0 Å². The van der Waals surface area contributed by atoms with Crippen LogP contribution in [0.1, 0.15) is 39.2 Å². The monoisotopic (exact) mass is 346 g/mol. The molecule has 2 heterocycles. The van der Waals surface area contributed by atoms with Crippen LogP contribution in [0.2, 0.25) is 0 Å². The number of halogens is 3. The molecule has 5 nitrogen and oxygen atoms in total. The zero-order chi connectivity index (χ0) is 18.0. The van der Waals surface area contributed by atoms with E-state index in [1.165, 1.54) is 6.20 Å². The van der Waals surface area contributed by atoms with Gasteiger partial charge in [0, 0.05) is 12.7 Å². The maximum absolute atomic E-state index is 12.7. The van der Waals surface area contributed by atoms with Crippen molar-refractivity contribution in [2.75, 3.05) is 13.2 Å². The number of amides is 1. The minimum atomic E-state index is -4.47. The van der Waals surface area contributed by atoms with Crippen LogP contribution in [0.3, 0.4) is 0 Å². The number of likely N-dealkylation sites (tertiary alicyclic amines) is 1. The average Bonchev–Trinajstić information content (AvgIpc) is 2.91. The Bertz CT molecular complexity index is 585. The number of hydrogen-bond acceptors (Lipinski definition) is 4. The minimum Gasteiger partial charge on any atom is -0.490 e. The number of rotatable bonds is 3. The van der Waals surface area contributed by atoms with Crippen molar-refractivity contribution in [1.82, 2.24) is 9.88 Å². The molecule has 1 fully saturated rings. The van der Waals surface area contributed by atoms with Crippen LogP contribution in [0.5, 0.6) is 5.75 Å². The lowest BCUT2D eigenvalue weighted by Crippen LogP contribution is -2.42. The van der Waals surface area contributed by atoms with Crippen molar-refractivity contribution >= 4 is 6.09 Å². The second-order valence-corrected chi connectivity index (χ2v) is 6.69. The predicted molar refractivity (Wildman–Crippen MR) is 80.7 cm³/mol. The van der Waals surface area contributed by atoms with Crippen molar-refractivity contribution < 1.29 is 27.4 Å². The number of carbonyl (C=O) groups is 1. The van der Waals surface area contributed by atoms with Gasteiger partial charge in [0.05, 0.1) is 17.8 Å². The predicted octanol–water partition coefficient (Wildman–Crippen LogP) is 3.88. The van der Waals surface area contributed by atoms with Gasteiger partial charge in [-0.05, 0) is 39.7 Å². The number of pyridine rings is 1. The molecule has 1 aliphatic heterocycles. The Morgan fingerprint density at radius 1 is 1.33 bits per heavy atom. The number of carbonyl (C=O) groups excluding carboxylic acids is 1. The summed E-state index contributed by atoms with van der Waals surface area (Å²) in [6.45, 7) is 5.98. The molecule has 0 aliphatic carbocycles. The second-order valence-electron chi connectivity index (χ2n) is 6.69. The summed E-state index contributed by atoms with van der Waals surface area (Å²) in [5.74, 6) is 0.0286. The van der Waals surface area contributed by atoms with Gasteiger partial charge < -0.3 is 14.4 Å². The fourth-order valence-corrected chi connectivity index (χ4v) is 2.42. The zero-order valence-electron chi connectivity index (χ0n) is 13.9. The fourth-order valence-electron chi connectivity index (χ4n) is 2.42. The molecule has 0 radical (unpaired) electrons. The summed E-state index contributed by atoms with van der Waals surface area (Å²) in [7, 11) is 0. The van der Waals surface area contributed by atoms with E-state index >= 15 is 0 Å². The highest BCUT2D eigenvalue weighted by atomic mass is 19.4. The summed E-state index contributed by atoms with van der Waals surface area (Å²) in [5.41, 5.74) is -1.47. The summed E-state index contributed by atoms with van der Waals surface area (Å²) in [6, 6.07) is 0.675. The summed E-state index contributed by atoms with van der Waals surface area (Å²) in [6.07, 6.45) is -1.42. The van der Waals surface area contributed by atoms with Gasteiger partial charge in [-0.15, -0.1) is 0 Å². The molecule has 0 aromatic carbocycles. The van der Waals surface area contributed by atoms with Gasteiger partial charge in [-0.3, -0.25) is 4.98 Å². The van der Waals surface area contributed by atoms with Crippen LogP contribution in [0, 0.1) is 0 Å². The first-order chi connectivity index (χ1) is 11.1. The van der Waals surface area contributed by atoms with Gasteiger partial charge in [-0.2, -0.15) is 13.2 Å². The zero-order valence-corrected chi connectivity index (χ0v) is 13.9. The number of ether oxygens (including phenoxy) is 2. The summed E-state index contributed by atoms with van der Waals surface area (Å²) in [4.78, 5) is 17.3. The van der Waals surface area contributed by atoms with Crippen molar-refractivity contribution in [3.05, 3.63) is 24.0 Å². The molecule has 24 heavy (non-hydrogen) atoms. The van der Waals surface area contributed by atoms with Gasteiger partial charge in [-0.25, -0.2) is 4.79 Å². The molecule has 1 aromatic rings. The van der Waals surface area contributed by atoms with E-state index in [2.05, 4.69) is 4.98 Å². The van der Waals surface area contributed by atoms with E-state index in [0.29, 0.717) is 13.0 Å². The Kier molecular flexibility index (Phi) is 5.25. The fraction of sp³-hybridized carbons (Fsp3) is 0.625. The van der Waals surface area contributed by atoms with E-state index in [0.717, 1.165) is 18.7 Å². The van der Waals surface area contributed by atoms with Crippen molar-refractivity contribution in [3.63, 3.8) is 0 Å². The molecular formula is C16H21F3N2O3. The quantitative estimate of drug-likeness (QED) is 0.833. The van der Waals surface area contributed by atoms with Crippen LogP contribution < -0.4 is 4.74 Å². The Hall–Kier alpha value is -1.99. The Morgan fingerprint density at radius 2 is 2.04 bits per heavy atom. The molecule has 2 rings (SSSR count). The third-order valence-corrected chi connectivity index (χ3v) is 3.49. The van der Waals surface area contributed by atoms with Crippen molar-refractivity contribution in [2.24, 2.45) is 0 Å². The van der Waals surface area contributed by atoms with Gasteiger partial charge in [0.2, 0.25) is 0 Å². The molecule has 1 aromatic heterocycles. The van der Waals surface area contributed by atoms with E-state index in [4.69, 9.17) is 9.47 Å². The number of hydrogen-bond donors (Lipinski definition) is 0. The third-order valence-electron chi connectivity index (χ3n) is 3.49. The molecule has 1 saturated heterocycles. The molecule has 0 N–H and O–H groups in total. The van der Waals surface area contributed by atoms with Crippen LogP contribution >= 0.6 is 0 Å². The van der Waals surface area contributed by atoms with Crippen molar-refractivity contribution in [2.45, 2.75) is 51.4 Å². The highest BCUT2D eigenvalue weighted by molar-refractivity contribution is 5.69. The van der Waals surface area contributed by atoms with E-state index in [1.54, 1.807) is 25.7 Å². The Labute approximate surface area is 138 Å². The number of alkyl halides is 3. The average molecular weight is 346 g/mol. The van der Waals surface area contributed by atoms with E-state index in [9.17, 15) is 18.0 Å². The molecular weight excluding hydrogens is 325 g/mol. The lowest BCUT2D eigenvalue weighted by atomic mass is 10.2. The SMILES string of the molecule is CC(C)(C)OC(=O)N1CCCC1COc1cncc(C(F)(F)F)c1. The molecule has 0 saturated carbocycles. The maximum Gasteiger partial charge on any atom is 0.418 e. The van der Waals surface area contributed by atoms with Crippen LogP contribution in [-0.4, -0.2) is 40.8 Å². The Morgan fingerprint density at radius 3 is 2.67 bits per heavy atom. The molecule has 1 amide bonds. The normalized spacial score (nSPS) is 18.6. The van der Waals surface area contributed by atoms with Crippen molar-refractivity contribution in [3.8, 4) is 5.75 Å². The molecule has 0 spiro atoms. The lowest BCUT2D eigenvalue weighted by molar-refractivity contribution is -0.137. The highest BCUT2D eigenvalue weighted by Crippen LogP contribution is 2.31. The van der Waals surface area contributed by atoms with Crippen LogP contribution in [0.15, 0.2) is 18.5 Å². The van der Waals surface area contributed by atoms with Gasteiger partial charge in [0.15, 0.2) is 0 Å². The van der Waals surface area contributed by atoms with E-state index in [1.807, 2.05) is 0 Å². The Balaban J connectivity index is 1.97. The van der Waals surface area contributed by atoms with E-state index < -0.39 is 23.4 Å². The van der Waals surface area contributed by atoms with Gasteiger partial charge >= 0.3 is 12.3 Å². The molecule has 8 heteroatoms. The topological polar surface area (TPSA) is 51.7 Å². The van der Waals surface area contributed by atoms with Crippen LogP contribution in [0.25, 0.3) is 0 Å². The van der Waals surface area contributed by atoms with Gasteiger partial charge in [0.1, 0.15) is 18.0 Å². The minimum absolute atomic E-state index is 0.0286. The first kappa shape index (κ1) is 18.4. The largest absolute Gasteiger partial charge is 0.490 e. The molecule has 1 unspecified atom stereocenters. The first-order valence-corrected chi connectivity index (χ1v) is 7.71.